The Morgan fingerprint density at radius 2 is 1.79 bits per heavy atom. The van der Waals surface area contributed by atoms with Crippen LogP contribution in [0.15, 0.2) is 12.1 Å². The Bertz CT molecular complexity index is 319. The maximum absolute atomic E-state index is 10.7. The highest BCUT2D eigenvalue weighted by molar-refractivity contribution is 5.64. The summed E-state index contributed by atoms with van der Waals surface area (Å²) in [5.41, 5.74) is 3.34. The maximum atomic E-state index is 10.7. The average molecular weight is 192 g/mol. The summed E-state index contributed by atoms with van der Waals surface area (Å²) < 4.78 is 5.16. The van der Waals surface area contributed by atoms with Crippen LogP contribution in [-0.2, 0) is 4.79 Å². The first kappa shape index (κ1) is 10.8. The molecule has 0 heterocycles. The zero-order valence-corrected chi connectivity index (χ0v) is 9.13. The molecule has 0 radical (unpaired) electrons. The van der Waals surface area contributed by atoms with E-state index in [1.165, 1.54) is 0 Å². The normalized spacial score (nSPS) is 12.3. The van der Waals surface area contributed by atoms with Crippen LogP contribution in [0.2, 0.25) is 0 Å². The van der Waals surface area contributed by atoms with Crippen molar-refractivity contribution in [3.05, 3.63) is 28.8 Å². The summed E-state index contributed by atoms with van der Waals surface area (Å²) in [5.74, 6) is 0.808. The topological polar surface area (TPSA) is 26.3 Å². The number of ether oxygens (including phenoxy) is 1. The van der Waals surface area contributed by atoms with E-state index in [9.17, 15) is 4.79 Å². The molecule has 1 aromatic rings. The van der Waals surface area contributed by atoms with Crippen LogP contribution < -0.4 is 4.74 Å². The summed E-state index contributed by atoms with van der Waals surface area (Å²) >= 11 is 0. The van der Waals surface area contributed by atoms with Crippen LogP contribution in [0.1, 0.15) is 29.5 Å². The van der Waals surface area contributed by atoms with E-state index in [4.69, 9.17) is 4.74 Å². The van der Waals surface area contributed by atoms with E-state index in [-0.39, 0.29) is 5.92 Å². The minimum atomic E-state index is -0.0408. The van der Waals surface area contributed by atoms with E-state index in [1.807, 2.05) is 32.9 Å². The van der Waals surface area contributed by atoms with Crippen LogP contribution in [-0.4, -0.2) is 13.4 Å². The molecule has 0 spiro atoms. The Labute approximate surface area is 84.9 Å². The van der Waals surface area contributed by atoms with E-state index in [1.54, 1.807) is 7.11 Å². The first-order chi connectivity index (χ1) is 6.60. The summed E-state index contributed by atoms with van der Waals surface area (Å²) in [4.78, 5) is 10.7. The largest absolute Gasteiger partial charge is 0.497 e. The monoisotopic (exact) mass is 192 g/mol. The number of methoxy groups -OCH3 is 1. The van der Waals surface area contributed by atoms with Gasteiger partial charge in [-0.1, -0.05) is 6.92 Å². The number of hydrogen-bond donors (Lipinski definition) is 0. The molecule has 0 fully saturated rings. The average Bonchev–Trinajstić information content (AvgIpc) is 2.16. The second-order valence-electron chi connectivity index (χ2n) is 3.60. The summed E-state index contributed by atoms with van der Waals surface area (Å²) in [6.07, 6.45) is 0.974. The van der Waals surface area contributed by atoms with Crippen LogP contribution in [0.5, 0.6) is 5.75 Å². The molecule has 0 N–H and O–H groups in total. The van der Waals surface area contributed by atoms with E-state index < -0.39 is 0 Å². The molecular formula is C12H16O2. The third kappa shape index (κ3) is 1.95. The van der Waals surface area contributed by atoms with Gasteiger partial charge in [-0.15, -0.1) is 0 Å². The lowest BCUT2D eigenvalue weighted by atomic mass is 9.93. The summed E-state index contributed by atoms with van der Waals surface area (Å²) in [7, 11) is 1.65. The van der Waals surface area contributed by atoms with Crippen molar-refractivity contribution >= 4 is 6.29 Å². The van der Waals surface area contributed by atoms with Gasteiger partial charge in [0.25, 0.3) is 0 Å². The molecular weight excluding hydrogens is 176 g/mol. The lowest BCUT2D eigenvalue weighted by molar-refractivity contribution is -0.108. The Kier molecular flexibility index (Phi) is 3.28. The van der Waals surface area contributed by atoms with Crippen LogP contribution >= 0.6 is 0 Å². The Morgan fingerprint density at radius 3 is 2.14 bits per heavy atom. The number of rotatable bonds is 3. The molecule has 0 saturated heterocycles. The SMILES string of the molecule is COc1cc(C)c(C(C)C=O)c(C)c1. The van der Waals surface area contributed by atoms with Crippen LogP contribution in [0.3, 0.4) is 0 Å². The molecule has 14 heavy (non-hydrogen) atoms. The fourth-order valence-corrected chi connectivity index (χ4v) is 1.84. The van der Waals surface area contributed by atoms with E-state index in [0.29, 0.717) is 0 Å². The Morgan fingerprint density at radius 1 is 1.29 bits per heavy atom. The predicted molar refractivity (Wildman–Crippen MR) is 56.9 cm³/mol. The number of carbonyl (C=O) groups is 1. The zero-order chi connectivity index (χ0) is 10.7. The molecule has 2 heteroatoms. The first-order valence-corrected chi connectivity index (χ1v) is 4.70. The second kappa shape index (κ2) is 4.27. The molecule has 0 aliphatic rings. The third-order valence-electron chi connectivity index (χ3n) is 2.46. The summed E-state index contributed by atoms with van der Waals surface area (Å²) in [5, 5.41) is 0. The van der Waals surface area contributed by atoms with Gasteiger partial charge in [0, 0.05) is 5.92 Å². The summed E-state index contributed by atoms with van der Waals surface area (Å²) in [6.45, 7) is 5.92. The first-order valence-electron chi connectivity index (χ1n) is 4.70. The molecule has 0 aliphatic heterocycles. The molecule has 0 aromatic heterocycles. The van der Waals surface area contributed by atoms with Crippen molar-refractivity contribution in [2.75, 3.05) is 7.11 Å². The maximum Gasteiger partial charge on any atom is 0.127 e. The third-order valence-corrected chi connectivity index (χ3v) is 2.46. The predicted octanol–water partition coefficient (Wildman–Crippen LogP) is 2.61. The fourth-order valence-electron chi connectivity index (χ4n) is 1.84. The molecule has 76 valence electrons. The van der Waals surface area contributed by atoms with Gasteiger partial charge in [-0.3, -0.25) is 0 Å². The number of aldehydes is 1. The van der Waals surface area contributed by atoms with Gasteiger partial charge in [-0.2, -0.15) is 0 Å². The molecule has 1 rings (SSSR count). The smallest absolute Gasteiger partial charge is 0.127 e. The number of benzene rings is 1. The van der Waals surface area contributed by atoms with E-state index in [0.717, 1.165) is 28.7 Å². The van der Waals surface area contributed by atoms with Crippen molar-refractivity contribution in [1.82, 2.24) is 0 Å². The van der Waals surface area contributed by atoms with E-state index >= 15 is 0 Å². The highest BCUT2D eigenvalue weighted by Gasteiger charge is 2.11. The fraction of sp³-hybridized carbons (Fsp3) is 0.417. The lowest BCUT2D eigenvalue weighted by Gasteiger charge is -2.14. The van der Waals surface area contributed by atoms with Crippen molar-refractivity contribution in [2.24, 2.45) is 0 Å². The summed E-state index contributed by atoms with van der Waals surface area (Å²) in [6, 6.07) is 3.92. The van der Waals surface area contributed by atoms with Gasteiger partial charge in [0.2, 0.25) is 0 Å². The second-order valence-corrected chi connectivity index (χ2v) is 3.60. The van der Waals surface area contributed by atoms with Crippen molar-refractivity contribution in [3.8, 4) is 5.75 Å². The van der Waals surface area contributed by atoms with Crippen molar-refractivity contribution in [1.29, 1.82) is 0 Å². The molecule has 2 nitrogen and oxygen atoms in total. The highest BCUT2D eigenvalue weighted by atomic mass is 16.5. The van der Waals surface area contributed by atoms with Crippen molar-refractivity contribution in [2.45, 2.75) is 26.7 Å². The van der Waals surface area contributed by atoms with Gasteiger partial charge in [-0.25, -0.2) is 0 Å². The van der Waals surface area contributed by atoms with Gasteiger partial charge in [0.05, 0.1) is 7.11 Å². The number of hydrogen-bond acceptors (Lipinski definition) is 2. The molecule has 1 unspecified atom stereocenters. The zero-order valence-electron chi connectivity index (χ0n) is 9.13. The van der Waals surface area contributed by atoms with Crippen LogP contribution in [0.25, 0.3) is 0 Å². The molecule has 1 aromatic carbocycles. The minimum Gasteiger partial charge on any atom is -0.497 e. The van der Waals surface area contributed by atoms with Gasteiger partial charge in [0.15, 0.2) is 0 Å². The number of carbonyl (C=O) groups excluding carboxylic acids is 1. The molecule has 0 aliphatic carbocycles. The van der Waals surface area contributed by atoms with Crippen molar-refractivity contribution < 1.29 is 9.53 Å². The van der Waals surface area contributed by atoms with Gasteiger partial charge < -0.3 is 9.53 Å². The molecule has 0 amide bonds. The molecule has 0 bridgehead atoms. The Hall–Kier alpha value is -1.31. The lowest BCUT2D eigenvalue weighted by Crippen LogP contribution is -2.01. The quantitative estimate of drug-likeness (QED) is 0.688. The van der Waals surface area contributed by atoms with Gasteiger partial charge in [-0.05, 0) is 42.7 Å². The standard InChI is InChI=1S/C12H16O2/c1-8-5-11(14-4)6-9(2)12(8)10(3)7-13/h5-7,10H,1-4H3. The molecule has 1 atom stereocenters. The number of aryl methyl sites for hydroxylation is 2. The van der Waals surface area contributed by atoms with Crippen molar-refractivity contribution in [3.63, 3.8) is 0 Å². The van der Waals surface area contributed by atoms with E-state index in [2.05, 4.69) is 0 Å². The highest BCUT2D eigenvalue weighted by Crippen LogP contribution is 2.26. The van der Waals surface area contributed by atoms with Gasteiger partial charge in [0.1, 0.15) is 12.0 Å². The minimum absolute atomic E-state index is 0.0408. The molecule has 0 saturated carbocycles. The Balaban J connectivity index is 3.24. The van der Waals surface area contributed by atoms with Crippen LogP contribution in [0, 0.1) is 13.8 Å². The van der Waals surface area contributed by atoms with Gasteiger partial charge >= 0.3 is 0 Å². The van der Waals surface area contributed by atoms with Crippen LogP contribution in [0.4, 0.5) is 0 Å².